The first kappa shape index (κ1) is 20.8. The van der Waals surface area contributed by atoms with E-state index in [0.29, 0.717) is 19.4 Å². The first-order chi connectivity index (χ1) is 13.8. The predicted molar refractivity (Wildman–Crippen MR) is 112 cm³/mol. The molecule has 1 aliphatic carbocycles. The number of aliphatic carboxylic acids is 2. The third-order valence-corrected chi connectivity index (χ3v) is 5.93. The zero-order valence-electron chi connectivity index (χ0n) is 16.8. The summed E-state index contributed by atoms with van der Waals surface area (Å²) in [6.45, 7) is 0.662. The molecule has 2 atom stereocenters. The lowest BCUT2D eigenvalue weighted by Crippen LogP contribution is -2.41. The van der Waals surface area contributed by atoms with Crippen molar-refractivity contribution in [3.05, 3.63) is 82.9 Å². The number of carboxylic acid groups (broad SMARTS) is 2. The molecule has 0 spiro atoms. The summed E-state index contributed by atoms with van der Waals surface area (Å²) in [5.41, 5.74) is 2.46. The Hall–Kier alpha value is -2.92. The molecule has 1 aliphatic rings. The Labute approximate surface area is 171 Å². The summed E-state index contributed by atoms with van der Waals surface area (Å²) in [6.07, 6.45) is 2.77. The molecule has 29 heavy (non-hydrogen) atoms. The van der Waals surface area contributed by atoms with Gasteiger partial charge in [0.2, 0.25) is 0 Å². The van der Waals surface area contributed by atoms with Crippen LogP contribution in [0.1, 0.15) is 35.4 Å². The van der Waals surface area contributed by atoms with E-state index in [0.717, 1.165) is 23.6 Å². The third kappa shape index (κ3) is 4.25. The van der Waals surface area contributed by atoms with Crippen molar-refractivity contribution in [3.63, 3.8) is 0 Å². The zero-order chi connectivity index (χ0) is 21.0. The number of aryl methyl sites for hydroxylation is 1. The highest BCUT2D eigenvalue weighted by molar-refractivity contribution is 5.96. The molecule has 0 saturated carbocycles. The molecule has 0 aliphatic heterocycles. The molecular formula is C24H27NO4. The van der Waals surface area contributed by atoms with Gasteiger partial charge in [0.25, 0.3) is 0 Å². The van der Waals surface area contributed by atoms with Gasteiger partial charge in [-0.3, -0.25) is 0 Å². The molecule has 2 aromatic carbocycles. The number of fused-ring (bicyclic) bond motifs is 1. The molecule has 0 heterocycles. The second kappa shape index (κ2) is 8.62. The average Bonchev–Trinajstić information content (AvgIpc) is 2.70. The van der Waals surface area contributed by atoms with Crippen LogP contribution < -0.4 is 0 Å². The highest BCUT2D eigenvalue weighted by atomic mass is 16.4. The number of carboxylic acids is 2. The number of rotatable bonds is 7. The quantitative estimate of drug-likeness (QED) is 0.700. The van der Waals surface area contributed by atoms with Crippen LogP contribution in [0.5, 0.6) is 0 Å². The van der Waals surface area contributed by atoms with Crippen LogP contribution in [0.4, 0.5) is 0 Å². The van der Waals surface area contributed by atoms with Crippen molar-refractivity contribution in [1.82, 2.24) is 4.90 Å². The SMILES string of the molecule is CN(C)CC[C@@]1(C(=CC(=O)O)C(=O)O)CCc2ccccc2[C@H]1c1ccccc1. The van der Waals surface area contributed by atoms with Gasteiger partial charge in [-0.1, -0.05) is 54.6 Å². The van der Waals surface area contributed by atoms with E-state index in [4.69, 9.17) is 0 Å². The minimum absolute atomic E-state index is 0.0183. The van der Waals surface area contributed by atoms with Gasteiger partial charge in [-0.05, 0) is 56.6 Å². The summed E-state index contributed by atoms with van der Waals surface area (Å²) in [5.74, 6) is -2.61. The summed E-state index contributed by atoms with van der Waals surface area (Å²) in [6, 6.07) is 18.0. The Kier molecular flexibility index (Phi) is 6.18. The first-order valence-electron chi connectivity index (χ1n) is 9.81. The van der Waals surface area contributed by atoms with Crippen LogP contribution in [-0.2, 0) is 16.0 Å². The van der Waals surface area contributed by atoms with Crippen molar-refractivity contribution in [2.75, 3.05) is 20.6 Å². The second-order valence-corrected chi connectivity index (χ2v) is 7.95. The van der Waals surface area contributed by atoms with E-state index in [1.54, 1.807) is 0 Å². The Morgan fingerprint density at radius 2 is 1.72 bits per heavy atom. The average molecular weight is 393 g/mol. The maximum absolute atomic E-state index is 12.3. The van der Waals surface area contributed by atoms with Gasteiger partial charge in [0.15, 0.2) is 0 Å². The predicted octanol–water partition coefficient (Wildman–Crippen LogP) is 3.80. The van der Waals surface area contributed by atoms with Gasteiger partial charge in [-0.15, -0.1) is 0 Å². The van der Waals surface area contributed by atoms with Gasteiger partial charge in [-0.25, -0.2) is 9.59 Å². The highest BCUT2D eigenvalue weighted by Gasteiger charge is 2.48. The van der Waals surface area contributed by atoms with Crippen LogP contribution in [-0.4, -0.2) is 47.7 Å². The van der Waals surface area contributed by atoms with Gasteiger partial charge < -0.3 is 15.1 Å². The van der Waals surface area contributed by atoms with Crippen molar-refractivity contribution >= 4 is 11.9 Å². The molecule has 5 nitrogen and oxygen atoms in total. The fraction of sp³-hybridized carbons (Fsp3) is 0.333. The van der Waals surface area contributed by atoms with E-state index in [1.165, 1.54) is 5.56 Å². The summed E-state index contributed by atoms with van der Waals surface area (Å²) in [4.78, 5) is 25.9. The molecule has 3 rings (SSSR count). The summed E-state index contributed by atoms with van der Waals surface area (Å²) in [5, 5.41) is 19.5. The van der Waals surface area contributed by atoms with E-state index in [9.17, 15) is 19.8 Å². The fourth-order valence-corrected chi connectivity index (χ4v) is 4.65. The third-order valence-electron chi connectivity index (χ3n) is 5.93. The highest BCUT2D eigenvalue weighted by Crippen LogP contribution is 2.55. The smallest absolute Gasteiger partial charge is 0.332 e. The van der Waals surface area contributed by atoms with Crippen molar-refractivity contribution in [2.45, 2.75) is 25.2 Å². The Bertz CT molecular complexity index is 919. The van der Waals surface area contributed by atoms with E-state index in [1.807, 2.05) is 61.5 Å². The number of carbonyl (C=O) groups is 2. The molecule has 0 fully saturated rings. The van der Waals surface area contributed by atoms with Crippen LogP contribution in [0.2, 0.25) is 0 Å². The molecule has 0 unspecified atom stereocenters. The number of nitrogens with zero attached hydrogens (tertiary/aromatic N) is 1. The van der Waals surface area contributed by atoms with Crippen molar-refractivity contribution in [1.29, 1.82) is 0 Å². The second-order valence-electron chi connectivity index (χ2n) is 7.95. The maximum Gasteiger partial charge on any atom is 0.332 e. The van der Waals surface area contributed by atoms with Gasteiger partial charge in [0, 0.05) is 17.4 Å². The summed E-state index contributed by atoms with van der Waals surface area (Å²) >= 11 is 0. The first-order valence-corrected chi connectivity index (χ1v) is 9.81. The van der Waals surface area contributed by atoms with Gasteiger partial charge in [0.05, 0.1) is 5.57 Å². The lowest BCUT2D eigenvalue weighted by Gasteiger charge is -2.46. The minimum Gasteiger partial charge on any atom is -0.478 e. The normalized spacial score (nSPS) is 21.6. The maximum atomic E-state index is 12.3. The molecule has 2 N–H and O–H groups in total. The van der Waals surface area contributed by atoms with Crippen molar-refractivity contribution in [2.24, 2.45) is 5.41 Å². The van der Waals surface area contributed by atoms with Gasteiger partial charge >= 0.3 is 11.9 Å². The Morgan fingerprint density at radius 1 is 1.07 bits per heavy atom. The lowest BCUT2D eigenvalue weighted by molar-refractivity contribution is -0.136. The standard InChI is InChI=1S/C24H27NO4/c1-25(2)15-14-24(20(23(28)29)16-21(26)27)13-12-17-8-6-7-11-19(17)22(24)18-9-4-3-5-10-18/h3-11,16,22H,12-15H2,1-2H3,(H,26,27)(H,28,29)/t22-,24-/m1/s1. The van der Waals surface area contributed by atoms with Crippen LogP contribution in [0.15, 0.2) is 66.2 Å². The fourth-order valence-electron chi connectivity index (χ4n) is 4.65. The molecule has 0 aromatic heterocycles. The van der Waals surface area contributed by atoms with Crippen LogP contribution in [0.25, 0.3) is 0 Å². The van der Waals surface area contributed by atoms with Crippen molar-refractivity contribution in [3.8, 4) is 0 Å². The molecule has 2 aromatic rings. The topological polar surface area (TPSA) is 77.8 Å². The van der Waals surface area contributed by atoms with E-state index in [2.05, 4.69) is 12.1 Å². The van der Waals surface area contributed by atoms with Crippen LogP contribution in [0.3, 0.4) is 0 Å². The molecule has 0 radical (unpaired) electrons. The largest absolute Gasteiger partial charge is 0.478 e. The summed E-state index contributed by atoms with van der Waals surface area (Å²) in [7, 11) is 3.90. The van der Waals surface area contributed by atoms with E-state index >= 15 is 0 Å². The number of benzene rings is 2. The van der Waals surface area contributed by atoms with Gasteiger partial charge in [-0.2, -0.15) is 0 Å². The summed E-state index contributed by atoms with van der Waals surface area (Å²) < 4.78 is 0. The molecule has 0 amide bonds. The lowest BCUT2D eigenvalue weighted by atomic mass is 9.56. The Balaban J connectivity index is 2.29. The number of hydrogen-bond donors (Lipinski definition) is 2. The van der Waals surface area contributed by atoms with Crippen molar-refractivity contribution < 1.29 is 19.8 Å². The van der Waals surface area contributed by atoms with E-state index < -0.39 is 17.4 Å². The molecule has 152 valence electrons. The number of hydrogen-bond acceptors (Lipinski definition) is 3. The van der Waals surface area contributed by atoms with Gasteiger partial charge in [0.1, 0.15) is 0 Å². The monoisotopic (exact) mass is 393 g/mol. The molecule has 5 heteroatoms. The van der Waals surface area contributed by atoms with Crippen LogP contribution >= 0.6 is 0 Å². The molecular weight excluding hydrogens is 366 g/mol. The zero-order valence-corrected chi connectivity index (χ0v) is 16.8. The Morgan fingerprint density at radius 3 is 2.34 bits per heavy atom. The minimum atomic E-state index is -1.22. The molecule has 0 bridgehead atoms. The van der Waals surface area contributed by atoms with E-state index in [-0.39, 0.29) is 11.5 Å². The molecule has 0 saturated heterocycles. The van der Waals surface area contributed by atoms with Crippen LogP contribution in [0, 0.1) is 5.41 Å².